The van der Waals surface area contributed by atoms with Crippen LogP contribution < -0.4 is 0 Å². The first-order valence-corrected chi connectivity index (χ1v) is 9.36. The molecule has 1 aliphatic carbocycles. The van der Waals surface area contributed by atoms with Crippen molar-refractivity contribution in [3.05, 3.63) is 36.0 Å². The minimum atomic E-state index is -0.0525. The molecule has 1 aliphatic rings. The van der Waals surface area contributed by atoms with E-state index in [1.807, 2.05) is 0 Å². The highest BCUT2D eigenvalue weighted by Crippen LogP contribution is 2.16. The van der Waals surface area contributed by atoms with Gasteiger partial charge in [-0.1, -0.05) is 64.0 Å². The van der Waals surface area contributed by atoms with Crippen molar-refractivity contribution in [2.24, 2.45) is 0 Å². The highest BCUT2D eigenvalue weighted by atomic mass is 16.1. The van der Waals surface area contributed by atoms with Gasteiger partial charge in [-0.2, -0.15) is 0 Å². The van der Waals surface area contributed by atoms with Gasteiger partial charge in [0.2, 0.25) is 0 Å². The fourth-order valence-electron chi connectivity index (χ4n) is 2.77. The lowest BCUT2D eigenvalue weighted by molar-refractivity contribution is -0.114. The molecule has 0 saturated heterocycles. The molecule has 0 aliphatic heterocycles. The molecule has 1 rings (SSSR count). The Kier molecular flexibility index (Phi) is 11.1. The van der Waals surface area contributed by atoms with Gasteiger partial charge in [0, 0.05) is 5.57 Å². The summed E-state index contributed by atoms with van der Waals surface area (Å²) >= 11 is 0. The van der Waals surface area contributed by atoms with Crippen molar-refractivity contribution in [3.63, 3.8) is 0 Å². The van der Waals surface area contributed by atoms with Gasteiger partial charge in [-0.25, -0.2) is 0 Å². The van der Waals surface area contributed by atoms with E-state index in [2.05, 4.69) is 19.1 Å². The van der Waals surface area contributed by atoms with Crippen molar-refractivity contribution in [1.82, 2.24) is 0 Å². The number of carbonyl (C=O) groups excluding carboxylic acids is 2. The van der Waals surface area contributed by atoms with E-state index >= 15 is 0 Å². The zero-order chi connectivity index (χ0) is 16.8. The number of carbonyl (C=O) groups is 2. The molecule has 0 saturated carbocycles. The summed E-state index contributed by atoms with van der Waals surface area (Å²) in [6.07, 6.45) is 23.3. The molecular formula is C21H32O2. The van der Waals surface area contributed by atoms with E-state index in [0.717, 1.165) is 19.3 Å². The van der Waals surface area contributed by atoms with Crippen LogP contribution in [0.15, 0.2) is 36.0 Å². The fraction of sp³-hybridized carbons (Fsp3) is 0.619. The molecule has 0 unspecified atom stereocenters. The smallest absolute Gasteiger partial charge is 0.182 e. The highest BCUT2D eigenvalue weighted by molar-refractivity contribution is 6.17. The summed E-state index contributed by atoms with van der Waals surface area (Å²) in [5, 5.41) is 0. The predicted molar refractivity (Wildman–Crippen MR) is 97.5 cm³/mol. The largest absolute Gasteiger partial charge is 0.290 e. The SMILES string of the molecule is CCCC/C=C\CCCCCCCCCC1=CC(=O)C=CC1=O. The maximum absolute atomic E-state index is 11.6. The summed E-state index contributed by atoms with van der Waals surface area (Å²) in [4.78, 5) is 22.8. The summed E-state index contributed by atoms with van der Waals surface area (Å²) in [7, 11) is 0. The van der Waals surface area contributed by atoms with Crippen LogP contribution in [0.4, 0.5) is 0 Å². The minimum Gasteiger partial charge on any atom is -0.290 e. The Labute approximate surface area is 141 Å². The van der Waals surface area contributed by atoms with E-state index < -0.39 is 0 Å². The third-order valence-electron chi connectivity index (χ3n) is 4.24. The first kappa shape index (κ1) is 19.6. The molecule has 0 amide bonds. The van der Waals surface area contributed by atoms with E-state index in [1.54, 1.807) is 0 Å². The molecule has 0 atom stereocenters. The topological polar surface area (TPSA) is 34.1 Å². The standard InChI is InChI=1S/C21H32O2/c1-2-3-4-5-6-7-8-9-10-11-12-13-14-15-19-18-20(22)16-17-21(19)23/h5-6,16-18H,2-4,7-15H2,1H3/b6-5-. The van der Waals surface area contributed by atoms with Crippen LogP contribution in [0.25, 0.3) is 0 Å². The van der Waals surface area contributed by atoms with Gasteiger partial charge in [-0.3, -0.25) is 9.59 Å². The summed E-state index contributed by atoms with van der Waals surface area (Å²) in [6.45, 7) is 2.23. The molecule has 2 nitrogen and oxygen atoms in total. The molecule has 0 aromatic carbocycles. The van der Waals surface area contributed by atoms with Crippen LogP contribution in [0.3, 0.4) is 0 Å². The van der Waals surface area contributed by atoms with Crippen molar-refractivity contribution in [3.8, 4) is 0 Å². The fourth-order valence-corrected chi connectivity index (χ4v) is 2.77. The Morgan fingerprint density at radius 3 is 2.09 bits per heavy atom. The van der Waals surface area contributed by atoms with Crippen LogP contribution in [0.1, 0.15) is 84.0 Å². The van der Waals surface area contributed by atoms with Crippen molar-refractivity contribution in [2.45, 2.75) is 84.0 Å². The third-order valence-corrected chi connectivity index (χ3v) is 4.24. The number of ketones is 2. The van der Waals surface area contributed by atoms with Crippen LogP contribution in [-0.4, -0.2) is 11.6 Å². The Morgan fingerprint density at radius 2 is 1.39 bits per heavy atom. The second-order valence-electron chi connectivity index (χ2n) is 6.40. The highest BCUT2D eigenvalue weighted by Gasteiger charge is 2.12. The van der Waals surface area contributed by atoms with Crippen molar-refractivity contribution in [1.29, 1.82) is 0 Å². The molecule has 0 N–H and O–H groups in total. The van der Waals surface area contributed by atoms with E-state index in [-0.39, 0.29) is 11.6 Å². The van der Waals surface area contributed by atoms with Gasteiger partial charge in [0.05, 0.1) is 0 Å². The Hall–Kier alpha value is -1.44. The molecular weight excluding hydrogens is 284 g/mol. The van der Waals surface area contributed by atoms with Gasteiger partial charge in [-0.15, -0.1) is 0 Å². The summed E-state index contributed by atoms with van der Waals surface area (Å²) in [5.41, 5.74) is 0.687. The molecule has 2 heteroatoms. The molecule has 0 bridgehead atoms. The average Bonchev–Trinajstić information content (AvgIpc) is 2.55. The lowest BCUT2D eigenvalue weighted by Gasteiger charge is -2.06. The van der Waals surface area contributed by atoms with E-state index in [9.17, 15) is 9.59 Å². The van der Waals surface area contributed by atoms with E-state index in [0.29, 0.717) is 5.57 Å². The number of hydrogen-bond acceptors (Lipinski definition) is 2. The molecule has 0 aromatic heterocycles. The van der Waals surface area contributed by atoms with Gasteiger partial charge in [0.15, 0.2) is 11.6 Å². The van der Waals surface area contributed by atoms with Crippen LogP contribution >= 0.6 is 0 Å². The first-order chi connectivity index (χ1) is 11.2. The molecule has 0 aromatic rings. The van der Waals surface area contributed by atoms with Gasteiger partial charge >= 0.3 is 0 Å². The average molecular weight is 316 g/mol. The zero-order valence-electron chi connectivity index (χ0n) is 14.7. The second kappa shape index (κ2) is 13.0. The quantitative estimate of drug-likeness (QED) is 0.241. The normalized spacial score (nSPS) is 14.7. The van der Waals surface area contributed by atoms with Crippen molar-refractivity contribution >= 4 is 11.6 Å². The molecule has 0 radical (unpaired) electrons. The molecule has 0 spiro atoms. The summed E-state index contributed by atoms with van der Waals surface area (Å²) in [5.74, 6) is -0.0417. The molecule has 0 fully saturated rings. The van der Waals surface area contributed by atoms with E-state index in [4.69, 9.17) is 0 Å². The van der Waals surface area contributed by atoms with Crippen molar-refractivity contribution < 1.29 is 9.59 Å². The number of allylic oxidation sites excluding steroid dienone is 6. The first-order valence-electron chi connectivity index (χ1n) is 9.36. The Bertz CT molecular complexity index is 441. The van der Waals surface area contributed by atoms with Crippen LogP contribution in [0.5, 0.6) is 0 Å². The second-order valence-corrected chi connectivity index (χ2v) is 6.40. The van der Waals surface area contributed by atoms with Gasteiger partial charge < -0.3 is 0 Å². The van der Waals surface area contributed by atoms with Crippen LogP contribution in [-0.2, 0) is 9.59 Å². The van der Waals surface area contributed by atoms with Gasteiger partial charge in [0.25, 0.3) is 0 Å². The number of unbranched alkanes of at least 4 members (excludes halogenated alkanes) is 9. The Morgan fingerprint density at radius 1 is 0.783 bits per heavy atom. The minimum absolute atomic E-state index is 0.0107. The van der Waals surface area contributed by atoms with Gasteiger partial charge in [0.1, 0.15) is 0 Å². The lowest BCUT2D eigenvalue weighted by atomic mass is 9.97. The molecule has 128 valence electrons. The zero-order valence-corrected chi connectivity index (χ0v) is 14.7. The number of hydrogen-bond donors (Lipinski definition) is 0. The number of rotatable bonds is 13. The third kappa shape index (κ3) is 10.0. The molecule has 23 heavy (non-hydrogen) atoms. The maximum atomic E-state index is 11.6. The van der Waals surface area contributed by atoms with Crippen LogP contribution in [0.2, 0.25) is 0 Å². The lowest BCUT2D eigenvalue weighted by Crippen LogP contribution is -2.07. The monoisotopic (exact) mass is 316 g/mol. The predicted octanol–water partition coefficient (Wildman–Crippen LogP) is 5.88. The summed E-state index contributed by atoms with van der Waals surface area (Å²) in [6, 6.07) is 0. The summed E-state index contributed by atoms with van der Waals surface area (Å²) < 4.78 is 0. The van der Waals surface area contributed by atoms with Gasteiger partial charge in [-0.05, 0) is 50.3 Å². The Balaban J connectivity index is 1.89. The maximum Gasteiger partial charge on any atom is 0.182 e. The van der Waals surface area contributed by atoms with Crippen molar-refractivity contribution in [2.75, 3.05) is 0 Å². The van der Waals surface area contributed by atoms with E-state index in [1.165, 1.54) is 76.0 Å². The van der Waals surface area contributed by atoms with Crippen LogP contribution in [0, 0.1) is 0 Å². The molecule has 0 heterocycles.